The summed E-state index contributed by atoms with van der Waals surface area (Å²) in [5.41, 5.74) is -0.539. The Morgan fingerprint density at radius 3 is 2.47 bits per heavy atom. The molecule has 0 bridgehead atoms. The summed E-state index contributed by atoms with van der Waals surface area (Å²) in [6, 6.07) is 2.21. The van der Waals surface area contributed by atoms with Gasteiger partial charge in [-0.15, -0.1) is 0 Å². The van der Waals surface area contributed by atoms with Crippen molar-refractivity contribution in [1.82, 2.24) is 0 Å². The van der Waals surface area contributed by atoms with Crippen LogP contribution < -0.4 is 5.32 Å². The molecule has 0 aliphatic carbocycles. The van der Waals surface area contributed by atoms with Crippen LogP contribution in [0.4, 0.5) is 11.4 Å². The third-order valence-electron chi connectivity index (χ3n) is 2.34. The molecule has 2 N–H and O–H groups in total. The third-order valence-corrected chi connectivity index (χ3v) is 3.45. The second-order valence-corrected chi connectivity index (χ2v) is 5.93. The molecule has 0 aliphatic rings. The largest absolute Gasteiger partial charge is 0.480 e. The minimum atomic E-state index is -3.57. The zero-order valence-electron chi connectivity index (χ0n) is 10.2. The maximum atomic E-state index is 11.3. The molecule has 104 valence electrons. The highest BCUT2D eigenvalue weighted by Gasteiger charge is 2.21. The summed E-state index contributed by atoms with van der Waals surface area (Å²) in [6.45, 7) is 1.32. The fraction of sp³-hybridized carbons (Fsp3) is 0.300. The molecule has 0 unspecified atom stereocenters. The highest BCUT2D eigenvalue weighted by Crippen LogP contribution is 2.28. The van der Waals surface area contributed by atoms with Crippen LogP contribution in [0.25, 0.3) is 0 Å². The van der Waals surface area contributed by atoms with Gasteiger partial charge < -0.3 is 10.4 Å². The van der Waals surface area contributed by atoms with Crippen molar-refractivity contribution < 1.29 is 23.2 Å². The third kappa shape index (κ3) is 3.65. The number of carboxylic acids is 1. The first-order valence-corrected chi connectivity index (χ1v) is 7.00. The van der Waals surface area contributed by atoms with Crippen molar-refractivity contribution >= 4 is 27.2 Å². The molecule has 0 heterocycles. The fourth-order valence-corrected chi connectivity index (χ4v) is 1.95. The first kappa shape index (κ1) is 14.9. The van der Waals surface area contributed by atoms with E-state index in [-0.39, 0.29) is 10.6 Å². The maximum absolute atomic E-state index is 11.3. The summed E-state index contributed by atoms with van der Waals surface area (Å²) >= 11 is 0. The second kappa shape index (κ2) is 5.22. The van der Waals surface area contributed by atoms with Gasteiger partial charge in [-0.05, 0) is 19.1 Å². The molecule has 0 spiro atoms. The summed E-state index contributed by atoms with van der Waals surface area (Å²) in [5, 5.41) is 22.0. The number of rotatable bonds is 5. The van der Waals surface area contributed by atoms with Crippen molar-refractivity contribution in [2.45, 2.75) is 17.9 Å². The number of hydrogen-bond donors (Lipinski definition) is 2. The van der Waals surface area contributed by atoms with Gasteiger partial charge in [-0.1, -0.05) is 0 Å². The molecule has 1 atom stereocenters. The monoisotopic (exact) mass is 288 g/mol. The van der Waals surface area contributed by atoms with E-state index in [2.05, 4.69) is 5.32 Å². The first-order valence-electron chi connectivity index (χ1n) is 5.10. The Kier molecular flexibility index (Phi) is 4.10. The highest BCUT2D eigenvalue weighted by molar-refractivity contribution is 7.90. The number of carboxylic acid groups (broad SMARTS) is 1. The zero-order chi connectivity index (χ0) is 14.8. The summed E-state index contributed by atoms with van der Waals surface area (Å²) in [7, 11) is -3.57. The molecule has 0 radical (unpaired) electrons. The number of sulfone groups is 1. The van der Waals surface area contributed by atoms with E-state index >= 15 is 0 Å². The van der Waals surface area contributed by atoms with Crippen LogP contribution in [0.2, 0.25) is 0 Å². The van der Waals surface area contributed by atoms with Crippen LogP contribution in [0.3, 0.4) is 0 Å². The summed E-state index contributed by atoms with van der Waals surface area (Å²) in [5.74, 6) is -1.18. The van der Waals surface area contributed by atoms with Crippen molar-refractivity contribution in [3.63, 3.8) is 0 Å². The molecule has 0 amide bonds. The van der Waals surface area contributed by atoms with Crippen molar-refractivity contribution in [3.8, 4) is 0 Å². The first-order chi connectivity index (χ1) is 8.62. The van der Waals surface area contributed by atoms with E-state index < -0.39 is 32.5 Å². The Labute approximate surface area is 109 Å². The van der Waals surface area contributed by atoms with Crippen LogP contribution in [0.1, 0.15) is 6.92 Å². The molecule has 0 aliphatic heterocycles. The topological polar surface area (TPSA) is 127 Å². The van der Waals surface area contributed by atoms with Crippen molar-refractivity contribution in [3.05, 3.63) is 28.3 Å². The summed E-state index contributed by atoms with van der Waals surface area (Å²) in [4.78, 5) is 20.6. The average Bonchev–Trinajstić information content (AvgIpc) is 2.27. The fourth-order valence-electron chi connectivity index (χ4n) is 1.31. The maximum Gasteiger partial charge on any atom is 0.325 e. The quantitative estimate of drug-likeness (QED) is 0.608. The molecular formula is C10H12N2O6S. The van der Waals surface area contributed by atoms with Gasteiger partial charge in [0.15, 0.2) is 9.84 Å². The molecule has 9 heteroatoms. The average molecular weight is 288 g/mol. The Balaban J connectivity index is 3.27. The zero-order valence-corrected chi connectivity index (χ0v) is 11.0. The van der Waals surface area contributed by atoms with Gasteiger partial charge in [0.25, 0.3) is 5.69 Å². The number of nitrogens with one attached hydrogen (secondary N) is 1. The van der Waals surface area contributed by atoms with E-state index in [1.54, 1.807) is 0 Å². The number of aliphatic carboxylic acids is 1. The van der Waals surface area contributed by atoms with E-state index in [9.17, 15) is 23.3 Å². The Morgan fingerprint density at radius 1 is 1.47 bits per heavy atom. The summed E-state index contributed by atoms with van der Waals surface area (Å²) < 4.78 is 22.6. The molecule has 0 aromatic heterocycles. The lowest BCUT2D eigenvalue weighted by atomic mass is 10.2. The molecule has 1 aromatic carbocycles. The number of nitro benzene ring substituents is 1. The molecule has 1 aromatic rings. The van der Waals surface area contributed by atoms with Gasteiger partial charge in [-0.3, -0.25) is 14.9 Å². The van der Waals surface area contributed by atoms with E-state index in [0.29, 0.717) is 0 Å². The molecule has 19 heavy (non-hydrogen) atoms. The molecule has 0 fully saturated rings. The standard InChI is InChI=1S/C10H12N2O6S/c1-6(10(13)14)11-8-4-3-7(19(2,17)18)5-9(8)12(15)16/h3-6,11H,1-2H3,(H,13,14)/t6-/m0/s1. The number of carbonyl (C=O) groups is 1. The normalized spacial score (nSPS) is 12.7. The number of benzene rings is 1. The molecule has 0 saturated carbocycles. The van der Waals surface area contributed by atoms with E-state index in [1.165, 1.54) is 19.1 Å². The molecular weight excluding hydrogens is 276 g/mol. The van der Waals surface area contributed by atoms with Gasteiger partial charge in [0.2, 0.25) is 0 Å². The lowest BCUT2D eigenvalue weighted by molar-refractivity contribution is -0.384. The van der Waals surface area contributed by atoms with Gasteiger partial charge in [-0.25, -0.2) is 8.42 Å². The van der Waals surface area contributed by atoms with Crippen molar-refractivity contribution in [2.75, 3.05) is 11.6 Å². The minimum Gasteiger partial charge on any atom is -0.480 e. The Morgan fingerprint density at radius 2 is 2.05 bits per heavy atom. The lowest BCUT2D eigenvalue weighted by Gasteiger charge is -2.11. The number of nitrogens with zero attached hydrogens (tertiary/aromatic N) is 1. The number of hydrogen-bond acceptors (Lipinski definition) is 6. The SMILES string of the molecule is C[C@H](Nc1ccc(S(C)(=O)=O)cc1[N+](=O)[O-])C(=O)O. The predicted octanol–water partition coefficient (Wildman–Crippen LogP) is 0.883. The van der Waals surface area contributed by atoms with Crippen LogP contribution in [-0.2, 0) is 14.6 Å². The molecule has 8 nitrogen and oxygen atoms in total. The molecule has 1 rings (SSSR count). The van der Waals surface area contributed by atoms with Crippen molar-refractivity contribution in [2.24, 2.45) is 0 Å². The van der Waals surface area contributed by atoms with Crippen LogP contribution in [-0.4, -0.2) is 36.7 Å². The Bertz CT molecular complexity index is 625. The van der Waals surface area contributed by atoms with Gasteiger partial charge >= 0.3 is 5.97 Å². The molecule has 0 saturated heterocycles. The van der Waals surface area contributed by atoms with E-state index in [4.69, 9.17) is 5.11 Å². The van der Waals surface area contributed by atoms with E-state index in [0.717, 1.165) is 12.3 Å². The summed E-state index contributed by atoms with van der Waals surface area (Å²) in [6.07, 6.45) is 0.930. The van der Waals surface area contributed by atoms with Crippen LogP contribution >= 0.6 is 0 Å². The predicted molar refractivity (Wildman–Crippen MR) is 66.9 cm³/mol. The van der Waals surface area contributed by atoms with Gasteiger partial charge in [0, 0.05) is 12.3 Å². The lowest BCUT2D eigenvalue weighted by Crippen LogP contribution is -2.25. The number of nitro groups is 1. The second-order valence-electron chi connectivity index (χ2n) is 3.91. The van der Waals surface area contributed by atoms with Crippen LogP contribution in [0.15, 0.2) is 23.1 Å². The van der Waals surface area contributed by atoms with Gasteiger partial charge in [0.1, 0.15) is 11.7 Å². The smallest absolute Gasteiger partial charge is 0.325 e. The minimum absolute atomic E-state index is 0.0488. The van der Waals surface area contributed by atoms with Gasteiger partial charge in [-0.2, -0.15) is 0 Å². The van der Waals surface area contributed by atoms with Crippen LogP contribution in [0.5, 0.6) is 0 Å². The van der Waals surface area contributed by atoms with Crippen LogP contribution in [0, 0.1) is 10.1 Å². The highest BCUT2D eigenvalue weighted by atomic mass is 32.2. The Hall–Kier alpha value is -2.16. The van der Waals surface area contributed by atoms with Gasteiger partial charge in [0.05, 0.1) is 9.82 Å². The van der Waals surface area contributed by atoms with E-state index in [1.807, 2.05) is 0 Å². The number of anilines is 1. The van der Waals surface area contributed by atoms with Crippen molar-refractivity contribution in [1.29, 1.82) is 0 Å².